The van der Waals surface area contributed by atoms with Gasteiger partial charge in [-0.25, -0.2) is 0 Å². The summed E-state index contributed by atoms with van der Waals surface area (Å²) in [4.78, 5) is 0. The lowest BCUT2D eigenvalue weighted by Gasteiger charge is -2.26. The van der Waals surface area contributed by atoms with Gasteiger partial charge in [0.15, 0.2) is 0 Å². The van der Waals surface area contributed by atoms with Crippen molar-refractivity contribution >= 4 is 0 Å². The van der Waals surface area contributed by atoms with E-state index in [0.29, 0.717) is 5.41 Å². The van der Waals surface area contributed by atoms with Crippen molar-refractivity contribution < 1.29 is 0 Å². The third-order valence-corrected chi connectivity index (χ3v) is 2.55. The minimum absolute atomic E-state index is 0.252. The van der Waals surface area contributed by atoms with E-state index in [4.69, 9.17) is 0 Å². The first-order valence-electron chi connectivity index (χ1n) is 5.78. The van der Waals surface area contributed by atoms with Crippen LogP contribution in [0.5, 0.6) is 0 Å². The largest absolute Gasteiger partial charge is 0.0620 e. The zero-order valence-corrected chi connectivity index (χ0v) is 11.0. The molecule has 0 aliphatic carbocycles. The molecule has 0 unspecified atom stereocenters. The van der Waals surface area contributed by atoms with E-state index in [1.165, 1.54) is 11.1 Å². The van der Waals surface area contributed by atoms with Crippen LogP contribution in [0.1, 0.15) is 52.7 Å². The van der Waals surface area contributed by atoms with E-state index < -0.39 is 0 Å². The van der Waals surface area contributed by atoms with Crippen molar-refractivity contribution in [1.29, 1.82) is 0 Å². The van der Waals surface area contributed by atoms with Crippen molar-refractivity contribution in [3.8, 4) is 0 Å². The second-order valence-electron chi connectivity index (χ2n) is 6.64. The normalized spacial score (nSPS) is 12.9. The van der Waals surface area contributed by atoms with Crippen molar-refractivity contribution in [2.75, 3.05) is 0 Å². The van der Waals surface area contributed by atoms with E-state index in [1.54, 1.807) is 0 Å². The first-order valence-corrected chi connectivity index (χ1v) is 5.78. The van der Waals surface area contributed by atoms with Crippen LogP contribution in [0.25, 0.3) is 0 Å². The van der Waals surface area contributed by atoms with Gasteiger partial charge in [0.25, 0.3) is 0 Å². The van der Waals surface area contributed by atoms with Gasteiger partial charge < -0.3 is 0 Å². The second-order valence-corrected chi connectivity index (χ2v) is 6.64. The van der Waals surface area contributed by atoms with Crippen LogP contribution in [-0.4, -0.2) is 0 Å². The fourth-order valence-corrected chi connectivity index (χ4v) is 1.98. The molecule has 0 heteroatoms. The highest BCUT2D eigenvalue weighted by atomic mass is 14.2. The molecule has 1 aromatic carbocycles. The van der Waals surface area contributed by atoms with Crippen LogP contribution in [0.3, 0.4) is 0 Å². The van der Waals surface area contributed by atoms with Gasteiger partial charge in [0.1, 0.15) is 0 Å². The molecule has 0 N–H and O–H groups in total. The highest BCUT2D eigenvalue weighted by Gasteiger charge is 2.20. The van der Waals surface area contributed by atoms with Crippen molar-refractivity contribution in [2.45, 2.75) is 53.4 Å². The van der Waals surface area contributed by atoms with E-state index >= 15 is 0 Å². The molecule has 0 spiro atoms. The lowest BCUT2D eigenvalue weighted by Crippen LogP contribution is -2.18. The van der Waals surface area contributed by atoms with E-state index in [-0.39, 0.29) is 5.41 Å². The maximum atomic E-state index is 2.30. The van der Waals surface area contributed by atoms with E-state index in [9.17, 15) is 0 Å². The monoisotopic (exact) mass is 204 g/mol. The number of hydrogen-bond acceptors (Lipinski definition) is 0. The van der Waals surface area contributed by atoms with Crippen LogP contribution in [-0.2, 0) is 11.8 Å². The van der Waals surface area contributed by atoms with Gasteiger partial charge in [-0.2, -0.15) is 0 Å². The standard InChI is InChI=1S/C15H24/c1-14(2,3)11-12-9-7-8-10-13(12)15(4,5)6/h7-10H,11H2,1-6H3. The van der Waals surface area contributed by atoms with Crippen molar-refractivity contribution in [1.82, 2.24) is 0 Å². The van der Waals surface area contributed by atoms with Gasteiger partial charge in [-0.3, -0.25) is 0 Å². The third kappa shape index (κ3) is 3.70. The summed E-state index contributed by atoms with van der Waals surface area (Å²) in [5, 5.41) is 0. The maximum Gasteiger partial charge on any atom is -0.0129 e. The summed E-state index contributed by atoms with van der Waals surface area (Å²) < 4.78 is 0. The Labute approximate surface area is 94.7 Å². The summed E-state index contributed by atoms with van der Waals surface area (Å²) in [6, 6.07) is 8.83. The minimum Gasteiger partial charge on any atom is -0.0620 e. The molecule has 0 bridgehead atoms. The molecule has 0 saturated carbocycles. The molecule has 0 amide bonds. The summed E-state index contributed by atoms with van der Waals surface area (Å²) >= 11 is 0. The Morgan fingerprint density at radius 1 is 0.867 bits per heavy atom. The van der Waals surface area contributed by atoms with Gasteiger partial charge in [-0.1, -0.05) is 65.8 Å². The average molecular weight is 204 g/mol. The topological polar surface area (TPSA) is 0 Å². The summed E-state index contributed by atoms with van der Waals surface area (Å²) in [6.45, 7) is 13.8. The van der Waals surface area contributed by atoms with Crippen LogP contribution in [0.4, 0.5) is 0 Å². The third-order valence-electron chi connectivity index (χ3n) is 2.55. The zero-order valence-electron chi connectivity index (χ0n) is 11.0. The molecule has 0 aliphatic heterocycles. The lowest BCUT2D eigenvalue weighted by molar-refractivity contribution is 0.406. The number of rotatable bonds is 1. The Bertz CT molecular complexity index is 321. The van der Waals surface area contributed by atoms with Crippen molar-refractivity contribution in [2.24, 2.45) is 5.41 Å². The zero-order chi connectivity index (χ0) is 11.7. The van der Waals surface area contributed by atoms with Crippen LogP contribution < -0.4 is 0 Å². The maximum absolute atomic E-state index is 2.30. The number of hydrogen-bond donors (Lipinski definition) is 0. The van der Waals surface area contributed by atoms with Crippen molar-refractivity contribution in [3.05, 3.63) is 35.4 Å². The van der Waals surface area contributed by atoms with Crippen LogP contribution >= 0.6 is 0 Å². The Morgan fingerprint density at radius 2 is 1.40 bits per heavy atom. The number of benzene rings is 1. The second kappa shape index (κ2) is 4.00. The molecule has 0 fully saturated rings. The Balaban J connectivity index is 3.08. The van der Waals surface area contributed by atoms with Gasteiger partial charge in [0.2, 0.25) is 0 Å². The SMILES string of the molecule is CC(C)(C)Cc1ccccc1C(C)(C)C. The predicted molar refractivity (Wildman–Crippen MR) is 68.3 cm³/mol. The fraction of sp³-hybridized carbons (Fsp3) is 0.600. The molecule has 0 aromatic heterocycles. The molecule has 0 nitrogen and oxygen atoms in total. The molecule has 15 heavy (non-hydrogen) atoms. The minimum atomic E-state index is 0.252. The molecule has 1 rings (SSSR count). The fourth-order valence-electron chi connectivity index (χ4n) is 1.98. The van der Waals surface area contributed by atoms with E-state index in [0.717, 1.165) is 6.42 Å². The molecule has 1 aromatic rings. The van der Waals surface area contributed by atoms with Crippen molar-refractivity contribution in [3.63, 3.8) is 0 Å². The smallest absolute Gasteiger partial charge is 0.0129 e. The molecule has 0 atom stereocenters. The van der Waals surface area contributed by atoms with Gasteiger partial charge >= 0.3 is 0 Å². The Hall–Kier alpha value is -0.780. The van der Waals surface area contributed by atoms with E-state index in [2.05, 4.69) is 65.8 Å². The summed E-state index contributed by atoms with van der Waals surface area (Å²) in [5.74, 6) is 0. The molecular weight excluding hydrogens is 180 g/mol. The predicted octanol–water partition coefficient (Wildman–Crippen LogP) is 4.57. The molecule has 0 aliphatic rings. The first-order chi connectivity index (χ1) is 6.70. The van der Waals surface area contributed by atoms with Crippen LogP contribution in [0.15, 0.2) is 24.3 Å². The molecule has 84 valence electrons. The van der Waals surface area contributed by atoms with Gasteiger partial charge in [0, 0.05) is 0 Å². The van der Waals surface area contributed by atoms with Crippen LogP contribution in [0.2, 0.25) is 0 Å². The summed E-state index contributed by atoms with van der Waals surface area (Å²) in [7, 11) is 0. The van der Waals surface area contributed by atoms with Crippen LogP contribution in [0, 0.1) is 5.41 Å². The Kier molecular flexibility index (Phi) is 3.28. The quantitative estimate of drug-likeness (QED) is 0.628. The average Bonchev–Trinajstić information content (AvgIpc) is 1.99. The molecule has 0 heterocycles. The molecular formula is C15H24. The highest BCUT2D eigenvalue weighted by molar-refractivity contribution is 5.33. The molecule has 0 radical (unpaired) electrons. The van der Waals surface area contributed by atoms with Gasteiger partial charge in [-0.15, -0.1) is 0 Å². The Morgan fingerprint density at radius 3 is 1.87 bits per heavy atom. The van der Waals surface area contributed by atoms with Gasteiger partial charge in [0.05, 0.1) is 0 Å². The summed E-state index contributed by atoms with van der Waals surface area (Å²) in [5.41, 5.74) is 3.60. The molecule has 0 saturated heterocycles. The lowest BCUT2D eigenvalue weighted by atomic mass is 9.78. The first kappa shape index (κ1) is 12.3. The van der Waals surface area contributed by atoms with Gasteiger partial charge in [-0.05, 0) is 28.4 Å². The summed E-state index contributed by atoms with van der Waals surface area (Å²) in [6.07, 6.45) is 1.15. The van der Waals surface area contributed by atoms with E-state index in [1.807, 2.05) is 0 Å². The highest BCUT2D eigenvalue weighted by Crippen LogP contribution is 2.30.